The van der Waals surface area contributed by atoms with Gasteiger partial charge in [-0.3, -0.25) is 4.79 Å². The Morgan fingerprint density at radius 1 is 1.29 bits per heavy atom. The molecule has 2 fully saturated rings. The number of carbonyl (C=O) groups excluding carboxylic acids is 1. The van der Waals surface area contributed by atoms with Crippen LogP contribution >= 0.6 is 0 Å². The van der Waals surface area contributed by atoms with Gasteiger partial charge in [0.25, 0.3) is 0 Å². The molecule has 1 aliphatic carbocycles. The minimum Gasteiger partial charge on any atom is -0.468 e. The lowest BCUT2D eigenvalue weighted by Crippen LogP contribution is -2.38. The lowest BCUT2D eigenvalue weighted by molar-refractivity contribution is -0.144. The molecule has 3 nitrogen and oxygen atoms in total. The number of methoxy groups -OCH3 is 1. The maximum absolute atomic E-state index is 11.5. The maximum atomic E-state index is 11.5. The summed E-state index contributed by atoms with van der Waals surface area (Å²) in [4.78, 5) is 11.5. The van der Waals surface area contributed by atoms with Gasteiger partial charge in [0, 0.05) is 0 Å². The predicted octanol–water partition coefficient (Wildman–Crippen LogP) is 1.33. The van der Waals surface area contributed by atoms with Crippen LogP contribution in [-0.4, -0.2) is 25.7 Å². The molecule has 1 heterocycles. The SMILES string of the molecule is COC(=O)C1NCCC1C1CCCC1. The number of esters is 1. The molecule has 1 saturated carbocycles. The summed E-state index contributed by atoms with van der Waals surface area (Å²) < 4.78 is 4.82. The molecule has 0 aromatic rings. The second kappa shape index (κ2) is 4.30. The molecule has 0 amide bonds. The molecule has 1 aliphatic heterocycles. The molecule has 0 bridgehead atoms. The van der Waals surface area contributed by atoms with Crippen molar-refractivity contribution < 1.29 is 9.53 Å². The molecular formula is C11H19NO2. The highest BCUT2D eigenvalue weighted by Crippen LogP contribution is 2.37. The van der Waals surface area contributed by atoms with Gasteiger partial charge in [0.2, 0.25) is 0 Å². The molecule has 0 spiro atoms. The van der Waals surface area contributed by atoms with Gasteiger partial charge in [-0.2, -0.15) is 0 Å². The summed E-state index contributed by atoms with van der Waals surface area (Å²) in [6, 6.07) is -0.0249. The van der Waals surface area contributed by atoms with E-state index in [0.29, 0.717) is 5.92 Å². The third kappa shape index (κ3) is 1.78. The van der Waals surface area contributed by atoms with Gasteiger partial charge in [-0.05, 0) is 24.8 Å². The molecule has 0 aromatic carbocycles. The first-order valence-electron chi connectivity index (χ1n) is 5.64. The number of rotatable bonds is 2. The van der Waals surface area contributed by atoms with Crippen LogP contribution in [0.5, 0.6) is 0 Å². The quantitative estimate of drug-likeness (QED) is 0.679. The number of ether oxygens (including phenoxy) is 1. The Bertz CT molecular complexity index is 211. The molecular weight excluding hydrogens is 178 g/mol. The number of nitrogens with one attached hydrogen (secondary N) is 1. The van der Waals surface area contributed by atoms with Crippen molar-refractivity contribution in [2.75, 3.05) is 13.7 Å². The van der Waals surface area contributed by atoms with E-state index < -0.39 is 0 Å². The van der Waals surface area contributed by atoms with Crippen molar-refractivity contribution in [3.8, 4) is 0 Å². The van der Waals surface area contributed by atoms with E-state index in [2.05, 4.69) is 5.32 Å². The highest BCUT2D eigenvalue weighted by molar-refractivity contribution is 5.76. The summed E-state index contributed by atoms with van der Waals surface area (Å²) in [5, 5.41) is 3.26. The smallest absolute Gasteiger partial charge is 0.323 e. The van der Waals surface area contributed by atoms with Crippen LogP contribution in [0.25, 0.3) is 0 Å². The van der Waals surface area contributed by atoms with Gasteiger partial charge in [-0.25, -0.2) is 0 Å². The molecule has 2 unspecified atom stereocenters. The van der Waals surface area contributed by atoms with Crippen LogP contribution in [0.3, 0.4) is 0 Å². The molecule has 0 radical (unpaired) electrons. The molecule has 0 aromatic heterocycles. The third-order valence-corrected chi connectivity index (χ3v) is 3.73. The fourth-order valence-electron chi connectivity index (χ4n) is 3.00. The van der Waals surface area contributed by atoms with Crippen molar-refractivity contribution in [2.45, 2.75) is 38.1 Å². The zero-order chi connectivity index (χ0) is 9.97. The number of hydrogen-bond donors (Lipinski definition) is 1. The minimum absolute atomic E-state index is 0.0249. The molecule has 2 atom stereocenters. The maximum Gasteiger partial charge on any atom is 0.323 e. The fourth-order valence-corrected chi connectivity index (χ4v) is 3.00. The van der Waals surface area contributed by atoms with E-state index in [9.17, 15) is 4.79 Å². The van der Waals surface area contributed by atoms with E-state index in [0.717, 1.165) is 18.9 Å². The first-order chi connectivity index (χ1) is 6.83. The Labute approximate surface area is 85.2 Å². The predicted molar refractivity (Wildman–Crippen MR) is 53.9 cm³/mol. The summed E-state index contributed by atoms with van der Waals surface area (Å²) >= 11 is 0. The van der Waals surface area contributed by atoms with Gasteiger partial charge in [-0.1, -0.05) is 25.7 Å². The zero-order valence-electron chi connectivity index (χ0n) is 8.79. The highest BCUT2D eigenvalue weighted by Gasteiger charge is 2.39. The van der Waals surface area contributed by atoms with Crippen LogP contribution < -0.4 is 5.32 Å². The molecule has 2 rings (SSSR count). The van der Waals surface area contributed by atoms with E-state index in [4.69, 9.17) is 4.74 Å². The Balaban J connectivity index is 1.98. The first-order valence-corrected chi connectivity index (χ1v) is 5.64. The van der Waals surface area contributed by atoms with E-state index in [1.54, 1.807) is 0 Å². The van der Waals surface area contributed by atoms with Crippen LogP contribution in [0.1, 0.15) is 32.1 Å². The molecule has 1 N–H and O–H groups in total. The van der Waals surface area contributed by atoms with E-state index in [1.807, 2.05) is 0 Å². The lowest BCUT2D eigenvalue weighted by atomic mass is 9.85. The van der Waals surface area contributed by atoms with Crippen molar-refractivity contribution in [3.63, 3.8) is 0 Å². The van der Waals surface area contributed by atoms with Crippen molar-refractivity contribution in [1.82, 2.24) is 5.32 Å². The van der Waals surface area contributed by atoms with Gasteiger partial charge in [-0.15, -0.1) is 0 Å². The van der Waals surface area contributed by atoms with E-state index >= 15 is 0 Å². The molecule has 1 saturated heterocycles. The molecule has 14 heavy (non-hydrogen) atoms. The van der Waals surface area contributed by atoms with Crippen LogP contribution in [0.2, 0.25) is 0 Å². The zero-order valence-corrected chi connectivity index (χ0v) is 8.79. The summed E-state index contributed by atoms with van der Waals surface area (Å²) in [6.07, 6.45) is 6.44. The Morgan fingerprint density at radius 2 is 2.00 bits per heavy atom. The Kier molecular flexibility index (Phi) is 3.06. The highest BCUT2D eigenvalue weighted by atomic mass is 16.5. The Hall–Kier alpha value is -0.570. The van der Waals surface area contributed by atoms with Gasteiger partial charge in [0.15, 0.2) is 0 Å². The minimum atomic E-state index is -0.0700. The van der Waals surface area contributed by atoms with Crippen molar-refractivity contribution in [3.05, 3.63) is 0 Å². The van der Waals surface area contributed by atoms with Crippen LogP contribution in [0.4, 0.5) is 0 Å². The standard InChI is InChI=1S/C11H19NO2/c1-14-11(13)10-9(6-7-12-10)8-4-2-3-5-8/h8-10,12H,2-7H2,1H3. The van der Waals surface area contributed by atoms with Crippen molar-refractivity contribution in [2.24, 2.45) is 11.8 Å². The normalized spacial score (nSPS) is 33.5. The van der Waals surface area contributed by atoms with Gasteiger partial charge >= 0.3 is 5.97 Å². The molecule has 2 aliphatic rings. The largest absolute Gasteiger partial charge is 0.468 e. The van der Waals surface area contributed by atoms with Gasteiger partial charge < -0.3 is 10.1 Å². The average Bonchev–Trinajstić information content (AvgIpc) is 2.85. The van der Waals surface area contributed by atoms with Crippen molar-refractivity contribution >= 4 is 5.97 Å². The monoisotopic (exact) mass is 197 g/mol. The van der Waals surface area contributed by atoms with Gasteiger partial charge in [0.05, 0.1) is 7.11 Å². The average molecular weight is 197 g/mol. The second-order valence-corrected chi connectivity index (χ2v) is 4.45. The number of carbonyl (C=O) groups is 1. The van der Waals surface area contributed by atoms with Crippen molar-refractivity contribution in [1.29, 1.82) is 0 Å². The third-order valence-electron chi connectivity index (χ3n) is 3.73. The van der Waals surface area contributed by atoms with Crippen LogP contribution in [0.15, 0.2) is 0 Å². The summed E-state index contributed by atoms with van der Waals surface area (Å²) in [5.41, 5.74) is 0. The molecule has 80 valence electrons. The van der Waals surface area contributed by atoms with E-state index in [1.165, 1.54) is 32.8 Å². The van der Waals surface area contributed by atoms with Crippen LogP contribution in [-0.2, 0) is 9.53 Å². The van der Waals surface area contributed by atoms with E-state index in [-0.39, 0.29) is 12.0 Å². The topological polar surface area (TPSA) is 38.3 Å². The Morgan fingerprint density at radius 3 is 2.64 bits per heavy atom. The van der Waals surface area contributed by atoms with Gasteiger partial charge in [0.1, 0.15) is 6.04 Å². The second-order valence-electron chi connectivity index (χ2n) is 4.45. The number of hydrogen-bond acceptors (Lipinski definition) is 3. The molecule has 3 heteroatoms. The first kappa shape index (κ1) is 9.97. The lowest BCUT2D eigenvalue weighted by Gasteiger charge is -2.22. The summed E-state index contributed by atoms with van der Waals surface area (Å²) in [7, 11) is 1.48. The summed E-state index contributed by atoms with van der Waals surface area (Å²) in [6.45, 7) is 0.973. The fraction of sp³-hybridized carbons (Fsp3) is 0.909. The van der Waals surface area contributed by atoms with Crippen LogP contribution in [0, 0.1) is 11.8 Å². The summed E-state index contributed by atoms with van der Waals surface area (Å²) in [5.74, 6) is 1.22.